The van der Waals surface area contributed by atoms with E-state index in [0.29, 0.717) is 23.4 Å². The number of carbonyl (C=O) groups excluding carboxylic acids is 1. The molecule has 1 aliphatic rings. The lowest BCUT2D eigenvalue weighted by Crippen LogP contribution is -2.55. The highest BCUT2D eigenvalue weighted by atomic mass is 32.2. The van der Waals surface area contributed by atoms with Crippen LogP contribution in [0.5, 0.6) is 0 Å². The Hall–Kier alpha value is -1.14. The molecule has 0 radical (unpaired) electrons. The van der Waals surface area contributed by atoms with Gasteiger partial charge in [-0.05, 0) is 38.8 Å². The molecule has 1 aliphatic carbocycles. The van der Waals surface area contributed by atoms with Crippen LogP contribution in [0.1, 0.15) is 19.8 Å². The van der Waals surface area contributed by atoms with Crippen molar-refractivity contribution in [3.05, 3.63) is 18.5 Å². The average Bonchev–Trinajstić information content (AvgIpc) is 3.27. The van der Waals surface area contributed by atoms with E-state index >= 15 is 0 Å². The Morgan fingerprint density at radius 2 is 2.21 bits per heavy atom. The molecule has 1 aromatic rings. The number of thioether (sulfide) groups is 1. The van der Waals surface area contributed by atoms with Gasteiger partial charge < -0.3 is 10.1 Å². The molecule has 104 valence electrons. The van der Waals surface area contributed by atoms with Gasteiger partial charge in [0.05, 0.1) is 6.61 Å². The molecule has 19 heavy (non-hydrogen) atoms. The summed E-state index contributed by atoms with van der Waals surface area (Å²) in [5, 5.41) is 3.87. The maximum atomic E-state index is 12.3. The second kappa shape index (κ2) is 6.34. The zero-order valence-corrected chi connectivity index (χ0v) is 12.1. The van der Waals surface area contributed by atoms with Crippen molar-refractivity contribution < 1.29 is 9.53 Å². The van der Waals surface area contributed by atoms with Gasteiger partial charge in [-0.2, -0.15) is 0 Å². The molecule has 0 amide bonds. The fourth-order valence-corrected chi connectivity index (χ4v) is 3.22. The third-order valence-corrected chi connectivity index (χ3v) is 4.40. The minimum Gasteiger partial charge on any atom is -0.465 e. The Labute approximate surface area is 117 Å². The summed E-state index contributed by atoms with van der Waals surface area (Å²) < 4.78 is 5.23. The molecular formula is C13H19N3O2S. The van der Waals surface area contributed by atoms with E-state index in [2.05, 4.69) is 15.3 Å². The quantitative estimate of drug-likeness (QED) is 0.464. The molecule has 0 aliphatic heterocycles. The standard InChI is InChI=1S/C13H19N3O2S/c1-3-18-11(17)13(14-2,10-5-6-10)9-19-12-15-7-4-8-16-12/h4,7-8,10,14H,3,5-6,9H2,1-2H3. The topological polar surface area (TPSA) is 64.1 Å². The Balaban J connectivity index is 2.07. The van der Waals surface area contributed by atoms with Gasteiger partial charge in [-0.15, -0.1) is 0 Å². The van der Waals surface area contributed by atoms with E-state index < -0.39 is 5.54 Å². The molecule has 1 N–H and O–H groups in total. The number of aromatic nitrogens is 2. The second-order valence-corrected chi connectivity index (χ2v) is 5.48. The zero-order chi connectivity index (χ0) is 13.7. The first-order chi connectivity index (χ1) is 9.23. The van der Waals surface area contributed by atoms with Gasteiger partial charge in [-0.25, -0.2) is 9.97 Å². The number of rotatable bonds is 7. The summed E-state index contributed by atoms with van der Waals surface area (Å²) in [6, 6.07) is 1.78. The molecule has 0 bridgehead atoms. The smallest absolute Gasteiger partial charge is 0.327 e. The molecule has 0 saturated heterocycles. The van der Waals surface area contributed by atoms with Crippen LogP contribution in [0.3, 0.4) is 0 Å². The Bertz CT molecular complexity index is 425. The van der Waals surface area contributed by atoms with Crippen molar-refractivity contribution in [2.75, 3.05) is 19.4 Å². The largest absolute Gasteiger partial charge is 0.465 e. The van der Waals surface area contributed by atoms with Crippen LogP contribution in [-0.4, -0.2) is 40.9 Å². The maximum absolute atomic E-state index is 12.3. The summed E-state index contributed by atoms with van der Waals surface area (Å²) in [5.74, 6) is 0.785. The monoisotopic (exact) mass is 281 g/mol. The summed E-state index contributed by atoms with van der Waals surface area (Å²) >= 11 is 1.49. The van der Waals surface area contributed by atoms with E-state index in [-0.39, 0.29) is 5.97 Å². The number of likely N-dealkylation sites (N-methyl/N-ethyl adjacent to an activating group) is 1. The molecule has 1 saturated carbocycles. The first kappa shape index (κ1) is 14.3. The zero-order valence-electron chi connectivity index (χ0n) is 11.3. The summed E-state index contributed by atoms with van der Waals surface area (Å²) in [5.41, 5.74) is -0.611. The molecule has 0 aromatic carbocycles. The fourth-order valence-electron chi connectivity index (χ4n) is 2.10. The van der Waals surface area contributed by atoms with Crippen molar-refractivity contribution in [3.8, 4) is 0 Å². The number of esters is 1. The second-order valence-electron chi connectivity index (χ2n) is 4.54. The van der Waals surface area contributed by atoms with Gasteiger partial charge in [0.1, 0.15) is 5.54 Å². The van der Waals surface area contributed by atoms with E-state index in [9.17, 15) is 4.79 Å². The van der Waals surface area contributed by atoms with Crippen LogP contribution in [-0.2, 0) is 9.53 Å². The van der Waals surface area contributed by atoms with Crippen LogP contribution in [0.25, 0.3) is 0 Å². The molecule has 6 heteroatoms. The highest BCUT2D eigenvalue weighted by Gasteiger charge is 2.51. The highest BCUT2D eigenvalue weighted by Crippen LogP contribution is 2.42. The van der Waals surface area contributed by atoms with E-state index in [1.54, 1.807) is 18.5 Å². The molecule has 5 nitrogen and oxygen atoms in total. The van der Waals surface area contributed by atoms with E-state index in [1.165, 1.54) is 11.8 Å². The van der Waals surface area contributed by atoms with Gasteiger partial charge in [0.25, 0.3) is 0 Å². The molecule has 1 atom stereocenters. The Morgan fingerprint density at radius 3 is 2.74 bits per heavy atom. The minimum absolute atomic E-state index is 0.163. The molecular weight excluding hydrogens is 262 g/mol. The summed E-state index contributed by atoms with van der Waals surface area (Å²) in [7, 11) is 1.82. The first-order valence-corrected chi connectivity index (χ1v) is 7.47. The highest BCUT2D eigenvalue weighted by molar-refractivity contribution is 7.99. The van der Waals surface area contributed by atoms with Gasteiger partial charge in [-0.3, -0.25) is 4.79 Å². The van der Waals surface area contributed by atoms with Crippen molar-refractivity contribution in [2.24, 2.45) is 5.92 Å². The lowest BCUT2D eigenvalue weighted by Gasteiger charge is -2.30. The number of ether oxygens (including phenoxy) is 1. The molecule has 1 heterocycles. The number of nitrogens with one attached hydrogen (secondary N) is 1. The van der Waals surface area contributed by atoms with Crippen LogP contribution < -0.4 is 5.32 Å². The molecule has 2 rings (SSSR count). The maximum Gasteiger partial charge on any atom is 0.327 e. The van der Waals surface area contributed by atoms with Gasteiger partial charge >= 0.3 is 5.97 Å². The number of hydrogen-bond donors (Lipinski definition) is 1. The minimum atomic E-state index is -0.611. The predicted molar refractivity (Wildman–Crippen MR) is 73.9 cm³/mol. The lowest BCUT2D eigenvalue weighted by atomic mass is 9.96. The van der Waals surface area contributed by atoms with Gasteiger partial charge in [0.2, 0.25) is 0 Å². The van der Waals surface area contributed by atoms with Gasteiger partial charge in [-0.1, -0.05) is 11.8 Å². The van der Waals surface area contributed by atoms with Crippen molar-refractivity contribution in [2.45, 2.75) is 30.5 Å². The van der Waals surface area contributed by atoms with Gasteiger partial charge in [0, 0.05) is 18.1 Å². The van der Waals surface area contributed by atoms with E-state index in [4.69, 9.17) is 4.74 Å². The third kappa shape index (κ3) is 3.25. The average molecular weight is 281 g/mol. The van der Waals surface area contributed by atoms with Crippen LogP contribution in [0.2, 0.25) is 0 Å². The number of hydrogen-bond acceptors (Lipinski definition) is 6. The molecule has 1 aromatic heterocycles. The normalized spacial score (nSPS) is 17.8. The Morgan fingerprint density at radius 1 is 1.53 bits per heavy atom. The predicted octanol–water partition coefficient (Wildman–Crippen LogP) is 1.50. The van der Waals surface area contributed by atoms with Crippen molar-refractivity contribution in [3.63, 3.8) is 0 Å². The molecule has 1 fully saturated rings. The fraction of sp³-hybridized carbons (Fsp3) is 0.615. The van der Waals surface area contributed by atoms with Crippen molar-refractivity contribution >= 4 is 17.7 Å². The molecule has 1 unspecified atom stereocenters. The van der Waals surface area contributed by atoms with Crippen LogP contribution >= 0.6 is 11.8 Å². The lowest BCUT2D eigenvalue weighted by molar-refractivity contribution is -0.150. The molecule has 0 spiro atoms. The van der Waals surface area contributed by atoms with E-state index in [1.807, 2.05) is 14.0 Å². The van der Waals surface area contributed by atoms with Crippen LogP contribution in [0.4, 0.5) is 0 Å². The first-order valence-electron chi connectivity index (χ1n) is 6.49. The van der Waals surface area contributed by atoms with Crippen molar-refractivity contribution in [1.82, 2.24) is 15.3 Å². The third-order valence-electron chi connectivity index (χ3n) is 3.33. The van der Waals surface area contributed by atoms with Crippen molar-refractivity contribution in [1.29, 1.82) is 0 Å². The van der Waals surface area contributed by atoms with Crippen LogP contribution in [0, 0.1) is 5.92 Å². The van der Waals surface area contributed by atoms with Gasteiger partial charge in [0.15, 0.2) is 5.16 Å². The summed E-state index contributed by atoms with van der Waals surface area (Å²) in [4.78, 5) is 20.6. The number of nitrogens with zero attached hydrogens (tertiary/aromatic N) is 2. The Kier molecular flexibility index (Phi) is 4.76. The number of carbonyl (C=O) groups is 1. The SMILES string of the molecule is CCOC(=O)C(CSc1ncccn1)(NC)C1CC1. The van der Waals surface area contributed by atoms with E-state index in [0.717, 1.165) is 12.8 Å². The summed E-state index contributed by atoms with van der Waals surface area (Å²) in [6.45, 7) is 2.24. The van der Waals surface area contributed by atoms with Crippen LogP contribution in [0.15, 0.2) is 23.6 Å². The summed E-state index contributed by atoms with van der Waals surface area (Å²) in [6.07, 6.45) is 5.54.